The highest BCUT2D eigenvalue weighted by molar-refractivity contribution is 5.71. The maximum absolute atomic E-state index is 5.57. The lowest BCUT2D eigenvalue weighted by molar-refractivity contribution is 0.416. The lowest BCUT2D eigenvalue weighted by Gasteiger charge is -2.11. The van der Waals surface area contributed by atoms with Crippen LogP contribution in [0.5, 0.6) is 5.75 Å². The van der Waals surface area contributed by atoms with Gasteiger partial charge in [0.05, 0.1) is 7.11 Å². The Bertz CT molecular complexity index is 549. The van der Waals surface area contributed by atoms with Crippen LogP contribution >= 0.6 is 0 Å². The zero-order valence-corrected chi connectivity index (χ0v) is 11.6. The molecule has 2 nitrogen and oxygen atoms in total. The summed E-state index contributed by atoms with van der Waals surface area (Å²) in [6, 6.07) is 14.9. The van der Waals surface area contributed by atoms with E-state index in [1.54, 1.807) is 7.11 Å². The zero-order valence-electron chi connectivity index (χ0n) is 11.6. The molecule has 0 aliphatic carbocycles. The Morgan fingerprint density at radius 1 is 1.11 bits per heavy atom. The van der Waals surface area contributed by atoms with Crippen LogP contribution < -0.4 is 10.5 Å². The van der Waals surface area contributed by atoms with Gasteiger partial charge in [0.2, 0.25) is 0 Å². The molecule has 100 valence electrons. The van der Waals surface area contributed by atoms with Crippen LogP contribution in [0.1, 0.15) is 17.5 Å². The quantitative estimate of drug-likeness (QED) is 0.886. The van der Waals surface area contributed by atoms with Gasteiger partial charge in [0, 0.05) is 5.56 Å². The van der Waals surface area contributed by atoms with Crippen LogP contribution in [0.25, 0.3) is 11.1 Å². The second-order valence-electron chi connectivity index (χ2n) is 4.80. The molecular weight excluding hydrogens is 234 g/mol. The summed E-state index contributed by atoms with van der Waals surface area (Å²) >= 11 is 0. The predicted octanol–water partition coefficient (Wildman–Crippen LogP) is 3.56. The van der Waals surface area contributed by atoms with Gasteiger partial charge < -0.3 is 10.5 Å². The van der Waals surface area contributed by atoms with Crippen LogP contribution in [0.3, 0.4) is 0 Å². The number of benzene rings is 2. The average Bonchev–Trinajstić information content (AvgIpc) is 2.45. The third-order valence-corrected chi connectivity index (χ3v) is 3.26. The number of nitrogens with two attached hydrogens (primary N) is 1. The number of hydrogen-bond acceptors (Lipinski definition) is 2. The molecule has 0 bridgehead atoms. The standard InChI is InChI=1S/C17H21NO/c1-13-8-9-16(17(11-13)19-2)15-7-3-5-14(12-15)6-4-10-18/h3,5,7-9,11-12H,4,6,10,18H2,1-2H3. The molecule has 0 aliphatic rings. The van der Waals surface area contributed by atoms with Gasteiger partial charge in [-0.2, -0.15) is 0 Å². The molecule has 0 aromatic heterocycles. The van der Waals surface area contributed by atoms with Crippen molar-refractivity contribution in [2.24, 2.45) is 5.73 Å². The van der Waals surface area contributed by atoms with Gasteiger partial charge in [-0.25, -0.2) is 0 Å². The molecular formula is C17H21NO. The van der Waals surface area contributed by atoms with Gasteiger partial charge in [-0.15, -0.1) is 0 Å². The van der Waals surface area contributed by atoms with E-state index in [1.807, 2.05) is 0 Å². The number of hydrogen-bond donors (Lipinski definition) is 1. The molecule has 2 N–H and O–H groups in total. The fraction of sp³-hybridized carbons (Fsp3) is 0.294. The van der Waals surface area contributed by atoms with Gasteiger partial charge in [0.25, 0.3) is 0 Å². The van der Waals surface area contributed by atoms with Crippen molar-refractivity contribution in [2.75, 3.05) is 13.7 Å². The molecule has 0 heterocycles. The Kier molecular flexibility index (Phi) is 4.58. The fourth-order valence-corrected chi connectivity index (χ4v) is 2.24. The highest BCUT2D eigenvalue weighted by Crippen LogP contribution is 2.31. The molecule has 0 unspecified atom stereocenters. The molecule has 0 saturated carbocycles. The SMILES string of the molecule is COc1cc(C)ccc1-c1cccc(CCCN)c1. The Labute approximate surface area is 115 Å². The molecule has 0 amide bonds. The zero-order chi connectivity index (χ0) is 13.7. The number of rotatable bonds is 5. The summed E-state index contributed by atoms with van der Waals surface area (Å²) in [6.07, 6.45) is 2.05. The lowest BCUT2D eigenvalue weighted by atomic mass is 9.99. The second-order valence-corrected chi connectivity index (χ2v) is 4.80. The Balaban J connectivity index is 2.35. The van der Waals surface area contributed by atoms with Crippen molar-refractivity contribution in [3.63, 3.8) is 0 Å². The molecule has 2 heteroatoms. The molecule has 2 aromatic carbocycles. The molecule has 0 spiro atoms. The van der Waals surface area contributed by atoms with E-state index in [2.05, 4.69) is 49.4 Å². The van der Waals surface area contributed by atoms with Gasteiger partial charge in [-0.1, -0.05) is 36.4 Å². The minimum atomic E-state index is 0.734. The first-order chi connectivity index (χ1) is 9.24. The van der Waals surface area contributed by atoms with Crippen LogP contribution in [0.4, 0.5) is 0 Å². The molecule has 2 rings (SSSR count). The van der Waals surface area contributed by atoms with Gasteiger partial charge >= 0.3 is 0 Å². The molecule has 0 aliphatic heterocycles. The topological polar surface area (TPSA) is 35.2 Å². The van der Waals surface area contributed by atoms with Gasteiger partial charge in [-0.05, 0) is 49.1 Å². The summed E-state index contributed by atoms with van der Waals surface area (Å²) in [6.45, 7) is 2.81. The van der Waals surface area contributed by atoms with E-state index < -0.39 is 0 Å². The first-order valence-corrected chi connectivity index (χ1v) is 6.68. The van der Waals surface area contributed by atoms with Crippen LogP contribution in [-0.2, 0) is 6.42 Å². The summed E-state index contributed by atoms with van der Waals surface area (Å²) in [5.41, 5.74) is 10.4. The Morgan fingerprint density at radius 3 is 2.68 bits per heavy atom. The summed E-state index contributed by atoms with van der Waals surface area (Å²) in [7, 11) is 1.72. The average molecular weight is 255 g/mol. The molecule has 0 saturated heterocycles. The maximum Gasteiger partial charge on any atom is 0.126 e. The first kappa shape index (κ1) is 13.6. The Morgan fingerprint density at radius 2 is 1.95 bits per heavy atom. The van der Waals surface area contributed by atoms with Crippen molar-refractivity contribution >= 4 is 0 Å². The van der Waals surface area contributed by atoms with Crippen molar-refractivity contribution in [1.29, 1.82) is 0 Å². The van der Waals surface area contributed by atoms with Crippen molar-refractivity contribution in [3.05, 3.63) is 53.6 Å². The molecule has 0 fully saturated rings. The number of methoxy groups -OCH3 is 1. The summed E-state index contributed by atoms with van der Waals surface area (Å²) in [4.78, 5) is 0. The van der Waals surface area contributed by atoms with Gasteiger partial charge in [0.1, 0.15) is 5.75 Å². The van der Waals surface area contributed by atoms with E-state index in [1.165, 1.54) is 16.7 Å². The van der Waals surface area contributed by atoms with Crippen LogP contribution in [0, 0.1) is 6.92 Å². The van der Waals surface area contributed by atoms with Crippen LogP contribution in [0.2, 0.25) is 0 Å². The summed E-state index contributed by atoms with van der Waals surface area (Å²) in [5, 5.41) is 0. The predicted molar refractivity (Wildman–Crippen MR) is 80.5 cm³/mol. The van der Waals surface area contributed by atoms with E-state index >= 15 is 0 Å². The molecule has 0 radical (unpaired) electrons. The van der Waals surface area contributed by atoms with Crippen LogP contribution in [0.15, 0.2) is 42.5 Å². The molecule has 2 aromatic rings. The largest absolute Gasteiger partial charge is 0.496 e. The third-order valence-electron chi connectivity index (χ3n) is 3.26. The van der Waals surface area contributed by atoms with E-state index in [-0.39, 0.29) is 0 Å². The van der Waals surface area contributed by atoms with Crippen molar-refractivity contribution in [1.82, 2.24) is 0 Å². The Hall–Kier alpha value is -1.80. The molecule has 19 heavy (non-hydrogen) atoms. The summed E-state index contributed by atoms with van der Waals surface area (Å²) < 4.78 is 5.48. The van der Waals surface area contributed by atoms with E-state index in [0.29, 0.717) is 0 Å². The van der Waals surface area contributed by atoms with E-state index in [4.69, 9.17) is 10.5 Å². The summed E-state index contributed by atoms with van der Waals surface area (Å²) in [5.74, 6) is 0.927. The normalized spacial score (nSPS) is 10.5. The molecule has 0 atom stereocenters. The third kappa shape index (κ3) is 3.36. The van der Waals surface area contributed by atoms with Crippen LogP contribution in [-0.4, -0.2) is 13.7 Å². The smallest absolute Gasteiger partial charge is 0.126 e. The van der Waals surface area contributed by atoms with Gasteiger partial charge in [-0.3, -0.25) is 0 Å². The van der Waals surface area contributed by atoms with E-state index in [9.17, 15) is 0 Å². The maximum atomic E-state index is 5.57. The highest BCUT2D eigenvalue weighted by atomic mass is 16.5. The number of ether oxygens (including phenoxy) is 1. The monoisotopic (exact) mass is 255 g/mol. The van der Waals surface area contributed by atoms with E-state index in [0.717, 1.165) is 30.7 Å². The second kappa shape index (κ2) is 6.39. The van der Waals surface area contributed by atoms with Gasteiger partial charge in [0.15, 0.2) is 0 Å². The minimum absolute atomic E-state index is 0.734. The number of aryl methyl sites for hydroxylation is 2. The highest BCUT2D eigenvalue weighted by Gasteiger charge is 2.06. The van der Waals surface area contributed by atoms with Crippen molar-refractivity contribution in [2.45, 2.75) is 19.8 Å². The first-order valence-electron chi connectivity index (χ1n) is 6.68. The van der Waals surface area contributed by atoms with Crippen molar-refractivity contribution in [3.8, 4) is 16.9 Å². The van der Waals surface area contributed by atoms with Crippen molar-refractivity contribution < 1.29 is 4.74 Å². The lowest BCUT2D eigenvalue weighted by Crippen LogP contribution is -2.00. The fourth-order valence-electron chi connectivity index (χ4n) is 2.24. The minimum Gasteiger partial charge on any atom is -0.496 e.